The molecule has 2 aromatic heterocycles. The first kappa shape index (κ1) is 20.8. The third-order valence-electron chi connectivity index (χ3n) is 6.35. The minimum absolute atomic E-state index is 0.0450. The summed E-state index contributed by atoms with van der Waals surface area (Å²) >= 11 is 0. The second kappa shape index (κ2) is 9.20. The number of hydrogen-bond acceptors (Lipinski definition) is 6. The van der Waals surface area contributed by atoms with Gasteiger partial charge >= 0.3 is 0 Å². The van der Waals surface area contributed by atoms with Crippen molar-refractivity contribution in [2.24, 2.45) is 0 Å². The van der Waals surface area contributed by atoms with Gasteiger partial charge in [0.25, 0.3) is 0 Å². The molecule has 3 heterocycles. The van der Waals surface area contributed by atoms with E-state index in [2.05, 4.69) is 25.5 Å². The predicted molar refractivity (Wildman–Crippen MR) is 116 cm³/mol. The van der Waals surface area contributed by atoms with Crippen molar-refractivity contribution < 1.29 is 13.7 Å². The molecule has 1 aromatic carbocycles. The number of rotatable bonds is 6. The number of anilines is 1. The van der Waals surface area contributed by atoms with E-state index in [0.717, 1.165) is 38.0 Å². The molecule has 2 fully saturated rings. The van der Waals surface area contributed by atoms with Crippen LogP contribution in [0.2, 0.25) is 0 Å². The molecule has 1 saturated carbocycles. The molecule has 0 unspecified atom stereocenters. The van der Waals surface area contributed by atoms with Crippen molar-refractivity contribution in [3.8, 4) is 11.4 Å². The smallest absolute Gasteiger partial charge is 0.239 e. The fourth-order valence-electron chi connectivity index (χ4n) is 4.79. The van der Waals surface area contributed by atoms with Gasteiger partial charge in [-0.15, -0.1) is 0 Å². The molecule has 5 rings (SSSR count). The first-order valence-corrected chi connectivity index (χ1v) is 11.3. The second-order valence-corrected chi connectivity index (χ2v) is 8.69. The number of nitrogens with one attached hydrogen (secondary N) is 1. The van der Waals surface area contributed by atoms with Crippen LogP contribution in [0.4, 0.5) is 10.2 Å². The molecule has 1 N–H and O–H groups in total. The molecule has 0 radical (unpaired) electrons. The van der Waals surface area contributed by atoms with Crippen LogP contribution < -0.4 is 5.32 Å². The standard InChI is InChI=1S/C23H27FN6O2/c24-18-7-3-5-16(13-18)22-27-23(32-28-22)17-6-4-12-29(14-17)15-21(31)26-20-10-11-25-30(20)19-8-1-2-9-19/h3,5,7,10-11,13,17,19H,1-2,4,6,8-9,12,14-15H2,(H,26,31)/t17-/m1/s1. The molecule has 1 aliphatic carbocycles. The topological polar surface area (TPSA) is 89.1 Å². The predicted octanol–water partition coefficient (Wildman–Crippen LogP) is 4.01. The van der Waals surface area contributed by atoms with Gasteiger partial charge in [0.05, 0.1) is 24.7 Å². The Kier molecular flexibility index (Phi) is 5.98. The van der Waals surface area contributed by atoms with Crippen molar-refractivity contribution in [3.63, 3.8) is 0 Å². The maximum absolute atomic E-state index is 13.5. The van der Waals surface area contributed by atoms with E-state index in [1.165, 1.54) is 25.0 Å². The van der Waals surface area contributed by atoms with Crippen LogP contribution in [0.1, 0.15) is 56.4 Å². The fourth-order valence-corrected chi connectivity index (χ4v) is 4.79. The molecule has 168 valence electrons. The van der Waals surface area contributed by atoms with Gasteiger partial charge in [0, 0.05) is 18.2 Å². The van der Waals surface area contributed by atoms with Crippen molar-refractivity contribution in [1.82, 2.24) is 24.8 Å². The summed E-state index contributed by atoms with van der Waals surface area (Å²) in [4.78, 5) is 19.3. The number of carbonyl (C=O) groups excluding carboxylic acids is 1. The molecule has 1 amide bonds. The molecule has 32 heavy (non-hydrogen) atoms. The molecule has 1 saturated heterocycles. The van der Waals surface area contributed by atoms with Crippen molar-refractivity contribution in [2.45, 2.75) is 50.5 Å². The summed E-state index contributed by atoms with van der Waals surface area (Å²) in [5.41, 5.74) is 0.589. The third kappa shape index (κ3) is 4.57. The van der Waals surface area contributed by atoms with Crippen LogP contribution in [0.15, 0.2) is 41.1 Å². The maximum atomic E-state index is 13.5. The average molecular weight is 439 g/mol. The molecule has 0 spiro atoms. The Morgan fingerprint density at radius 1 is 1.19 bits per heavy atom. The van der Waals surface area contributed by atoms with Gasteiger partial charge in [0.15, 0.2) is 0 Å². The van der Waals surface area contributed by atoms with E-state index in [4.69, 9.17) is 4.52 Å². The van der Waals surface area contributed by atoms with E-state index in [9.17, 15) is 9.18 Å². The molecule has 0 bridgehead atoms. The first-order chi connectivity index (χ1) is 15.7. The number of carbonyl (C=O) groups is 1. The van der Waals surface area contributed by atoms with Gasteiger partial charge in [-0.25, -0.2) is 9.07 Å². The van der Waals surface area contributed by atoms with Gasteiger partial charge in [-0.1, -0.05) is 30.1 Å². The van der Waals surface area contributed by atoms with Gasteiger partial charge in [-0.05, 0) is 44.4 Å². The Morgan fingerprint density at radius 2 is 2.06 bits per heavy atom. The molecular weight excluding hydrogens is 411 g/mol. The van der Waals surface area contributed by atoms with E-state index >= 15 is 0 Å². The summed E-state index contributed by atoms with van der Waals surface area (Å²) in [7, 11) is 0. The quantitative estimate of drug-likeness (QED) is 0.626. The van der Waals surface area contributed by atoms with Gasteiger partial charge < -0.3 is 9.84 Å². The zero-order chi connectivity index (χ0) is 21.9. The van der Waals surface area contributed by atoms with Crippen LogP contribution in [-0.2, 0) is 4.79 Å². The zero-order valence-electron chi connectivity index (χ0n) is 17.9. The average Bonchev–Trinajstić information content (AvgIpc) is 3.55. The van der Waals surface area contributed by atoms with Crippen molar-refractivity contribution in [1.29, 1.82) is 0 Å². The Hall–Kier alpha value is -3.07. The van der Waals surface area contributed by atoms with Crippen LogP contribution in [0.5, 0.6) is 0 Å². The Bertz CT molecular complexity index is 1070. The molecule has 9 heteroatoms. The highest BCUT2D eigenvalue weighted by molar-refractivity contribution is 5.91. The van der Waals surface area contributed by atoms with Gasteiger partial charge in [-0.2, -0.15) is 10.1 Å². The van der Waals surface area contributed by atoms with Crippen LogP contribution in [0.3, 0.4) is 0 Å². The van der Waals surface area contributed by atoms with Crippen molar-refractivity contribution in [2.75, 3.05) is 25.0 Å². The maximum Gasteiger partial charge on any atom is 0.239 e. The Morgan fingerprint density at radius 3 is 2.91 bits per heavy atom. The molecule has 1 aliphatic heterocycles. The third-order valence-corrected chi connectivity index (χ3v) is 6.35. The van der Waals surface area contributed by atoms with Crippen LogP contribution >= 0.6 is 0 Å². The number of amides is 1. The van der Waals surface area contributed by atoms with Crippen molar-refractivity contribution in [3.05, 3.63) is 48.2 Å². The molecule has 2 aliphatic rings. The number of nitrogens with zero attached hydrogens (tertiary/aromatic N) is 5. The lowest BCUT2D eigenvalue weighted by molar-refractivity contribution is -0.117. The van der Waals surface area contributed by atoms with E-state index < -0.39 is 0 Å². The summed E-state index contributed by atoms with van der Waals surface area (Å²) in [5, 5.41) is 11.5. The van der Waals surface area contributed by atoms with E-state index in [-0.39, 0.29) is 17.6 Å². The highest BCUT2D eigenvalue weighted by Crippen LogP contribution is 2.31. The van der Waals surface area contributed by atoms with Crippen LogP contribution in [0.25, 0.3) is 11.4 Å². The van der Waals surface area contributed by atoms with E-state index in [0.29, 0.717) is 36.4 Å². The van der Waals surface area contributed by atoms with Crippen molar-refractivity contribution >= 4 is 11.7 Å². The lowest BCUT2D eigenvalue weighted by atomic mass is 9.98. The lowest BCUT2D eigenvalue weighted by Gasteiger charge is -2.30. The summed E-state index contributed by atoms with van der Waals surface area (Å²) in [5.74, 6) is 1.36. The van der Waals surface area contributed by atoms with Crippen LogP contribution in [0, 0.1) is 5.82 Å². The number of hydrogen-bond donors (Lipinski definition) is 1. The van der Waals surface area contributed by atoms with Gasteiger partial charge in [0.1, 0.15) is 11.6 Å². The Labute approximate surface area is 185 Å². The summed E-state index contributed by atoms with van der Waals surface area (Å²) < 4.78 is 20.9. The SMILES string of the molecule is O=C(CN1CCC[C@@H](c2nc(-c3cccc(F)c3)no2)C1)Nc1ccnn1C1CCCC1. The highest BCUT2D eigenvalue weighted by Gasteiger charge is 2.28. The number of aromatic nitrogens is 4. The monoisotopic (exact) mass is 438 g/mol. The molecular formula is C23H27FN6O2. The molecule has 1 atom stereocenters. The first-order valence-electron chi connectivity index (χ1n) is 11.3. The minimum atomic E-state index is -0.335. The van der Waals surface area contributed by atoms with E-state index in [1.54, 1.807) is 18.3 Å². The lowest BCUT2D eigenvalue weighted by Crippen LogP contribution is -2.40. The fraction of sp³-hybridized carbons (Fsp3) is 0.478. The normalized spacial score (nSPS) is 20.0. The summed E-state index contributed by atoms with van der Waals surface area (Å²) in [6.45, 7) is 1.81. The number of benzene rings is 1. The largest absolute Gasteiger partial charge is 0.339 e. The molecule has 3 aromatic rings. The summed E-state index contributed by atoms with van der Waals surface area (Å²) in [6.07, 6.45) is 8.25. The minimum Gasteiger partial charge on any atom is -0.339 e. The Balaban J connectivity index is 1.20. The number of piperidine rings is 1. The summed E-state index contributed by atoms with van der Waals surface area (Å²) in [6, 6.07) is 8.40. The molecule has 8 nitrogen and oxygen atoms in total. The van der Waals surface area contributed by atoms with E-state index in [1.807, 2.05) is 10.7 Å². The van der Waals surface area contributed by atoms with Crippen LogP contribution in [-0.4, -0.2) is 50.4 Å². The number of likely N-dealkylation sites (tertiary alicyclic amines) is 1. The second-order valence-electron chi connectivity index (χ2n) is 8.69. The van der Waals surface area contributed by atoms with Gasteiger partial charge in [0.2, 0.25) is 17.6 Å². The highest BCUT2D eigenvalue weighted by atomic mass is 19.1. The number of halogens is 1. The van der Waals surface area contributed by atoms with Gasteiger partial charge in [-0.3, -0.25) is 9.69 Å². The zero-order valence-corrected chi connectivity index (χ0v) is 17.9.